The van der Waals surface area contributed by atoms with Gasteiger partial charge in [0, 0.05) is 0 Å². The lowest BCUT2D eigenvalue weighted by Crippen LogP contribution is -2.59. The predicted octanol–water partition coefficient (Wildman–Crippen LogP) is 2.83. The van der Waals surface area contributed by atoms with Gasteiger partial charge in [0.25, 0.3) is 8.07 Å². The SMILES string of the molecule is C#C[Si](C#C)(c1cccc(C)c1C)c1cccc(C)c1C. The van der Waals surface area contributed by atoms with Crippen molar-refractivity contribution in [3.63, 3.8) is 0 Å². The molecule has 2 rings (SSSR count). The lowest BCUT2D eigenvalue weighted by molar-refractivity contribution is 1.35. The summed E-state index contributed by atoms with van der Waals surface area (Å²) in [7, 11) is -2.59. The van der Waals surface area contributed by atoms with Crippen molar-refractivity contribution in [3.05, 3.63) is 58.7 Å². The van der Waals surface area contributed by atoms with Gasteiger partial charge in [-0.05, 0) is 60.3 Å². The maximum Gasteiger partial charge on any atom is 0.275 e. The highest BCUT2D eigenvalue weighted by atomic mass is 28.3. The highest BCUT2D eigenvalue weighted by Gasteiger charge is 2.37. The van der Waals surface area contributed by atoms with Gasteiger partial charge >= 0.3 is 0 Å². The molecular weight excluding hydrogens is 268 g/mol. The van der Waals surface area contributed by atoms with Crippen LogP contribution < -0.4 is 10.4 Å². The smallest absolute Gasteiger partial charge is 0.125 e. The lowest BCUT2D eigenvalue weighted by Gasteiger charge is -2.26. The number of hydrogen-bond donors (Lipinski definition) is 0. The van der Waals surface area contributed by atoms with E-state index in [4.69, 9.17) is 12.8 Å². The molecule has 0 fully saturated rings. The van der Waals surface area contributed by atoms with Crippen LogP contribution in [0, 0.1) is 51.6 Å². The fourth-order valence-corrected chi connectivity index (χ4v) is 6.02. The number of aryl methyl sites for hydroxylation is 2. The van der Waals surface area contributed by atoms with E-state index in [0.29, 0.717) is 0 Å². The molecule has 2 aromatic carbocycles. The second-order valence-electron chi connectivity index (χ2n) is 5.53. The number of terminal acetylenes is 2. The third-order valence-electron chi connectivity index (χ3n) is 4.45. The van der Waals surface area contributed by atoms with Crippen LogP contribution in [0.2, 0.25) is 0 Å². The number of hydrogen-bond acceptors (Lipinski definition) is 0. The van der Waals surface area contributed by atoms with Crippen LogP contribution in [-0.2, 0) is 0 Å². The molecule has 0 bridgehead atoms. The van der Waals surface area contributed by atoms with Crippen LogP contribution in [-0.4, -0.2) is 8.07 Å². The van der Waals surface area contributed by atoms with Crippen LogP contribution >= 0.6 is 0 Å². The molecule has 0 saturated heterocycles. The van der Waals surface area contributed by atoms with E-state index in [1.54, 1.807) is 0 Å². The van der Waals surface area contributed by atoms with Crippen molar-refractivity contribution in [1.82, 2.24) is 0 Å². The summed E-state index contributed by atoms with van der Waals surface area (Å²) in [6.07, 6.45) is 12.0. The zero-order chi connectivity index (χ0) is 15.6. The average molecular weight is 288 g/mol. The summed E-state index contributed by atoms with van der Waals surface area (Å²) in [6, 6.07) is 12.5. The number of benzene rings is 2. The molecule has 0 amide bonds. The van der Waals surface area contributed by atoms with E-state index in [1.807, 2.05) is 0 Å². The molecule has 0 saturated carbocycles. The van der Waals surface area contributed by atoms with E-state index in [-0.39, 0.29) is 0 Å². The third-order valence-corrected chi connectivity index (χ3v) is 8.02. The normalized spacial score (nSPS) is 10.8. The highest BCUT2D eigenvalue weighted by molar-refractivity contribution is 7.14. The van der Waals surface area contributed by atoms with E-state index in [0.717, 1.165) is 0 Å². The van der Waals surface area contributed by atoms with Crippen molar-refractivity contribution in [2.75, 3.05) is 0 Å². The maximum absolute atomic E-state index is 5.99. The Balaban J connectivity index is 2.86. The molecule has 0 atom stereocenters. The van der Waals surface area contributed by atoms with Gasteiger partial charge in [0.05, 0.1) is 0 Å². The van der Waals surface area contributed by atoms with Crippen molar-refractivity contribution >= 4 is 18.4 Å². The second kappa shape index (κ2) is 5.64. The molecule has 0 nitrogen and oxygen atoms in total. The molecular formula is C20H20Si. The fraction of sp³-hybridized carbons (Fsp3) is 0.200. The van der Waals surface area contributed by atoms with E-state index >= 15 is 0 Å². The molecule has 0 heterocycles. The summed E-state index contributed by atoms with van der Waals surface area (Å²) >= 11 is 0. The third kappa shape index (κ3) is 2.31. The molecule has 0 N–H and O–H groups in total. The standard InChI is InChI=1S/C20H20Si/c1-7-21(8-2,19-13-9-11-15(3)17(19)5)20-14-10-12-16(4)18(20)6/h1-2,9-14H,3-6H3. The summed E-state index contributed by atoms with van der Waals surface area (Å²) in [5.74, 6) is 0. The number of rotatable bonds is 2. The molecule has 0 aliphatic heterocycles. The van der Waals surface area contributed by atoms with Gasteiger partial charge in [0.15, 0.2) is 0 Å². The minimum atomic E-state index is -2.59. The molecule has 104 valence electrons. The van der Waals surface area contributed by atoms with Crippen LogP contribution in [0.4, 0.5) is 0 Å². The van der Waals surface area contributed by atoms with Crippen molar-refractivity contribution in [2.45, 2.75) is 27.7 Å². The Hall–Kier alpha value is -2.22. The summed E-state index contributed by atoms with van der Waals surface area (Å²) in [6.45, 7) is 8.45. The monoisotopic (exact) mass is 288 g/mol. The first-order valence-corrected chi connectivity index (χ1v) is 9.07. The van der Waals surface area contributed by atoms with E-state index < -0.39 is 8.07 Å². The van der Waals surface area contributed by atoms with Gasteiger partial charge in [0.2, 0.25) is 0 Å². The molecule has 0 aliphatic rings. The Morgan fingerprint density at radius 3 is 1.43 bits per heavy atom. The Kier molecular flexibility index (Phi) is 4.08. The van der Waals surface area contributed by atoms with E-state index in [2.05, 4.69) is 75.2 Å². The van der Waals surface area contributed by atoms with Crippen molar-refractivity contribution in [1.29, 1.82) is 0 Å². The molecule has 0 radical (unpaired) electrons. The second-order valence-corrected chi connectivity index (χ2v) is 8.69. The van der Waals surface area contributed by atoms with Crippen molar-refractivity contribution in [3.8, 4) is 23.9 Å². The zero-order valence-corrected chi connectivity index (χ0v) is 14.1. The fourth-order valence-electron chi connectivity index (χ4n) is 2.81. The summed E-state index contributed by atoms with van der Waals surface area (Å²) < 4.78 is 0. The van der Waals surface area contributed by atoms with Gasteiger partial charge in [-0.25, -0.2) is 0 Å². The van der Waals surface area contributed by atoms with Crippen molar-refractivity contribution < 1.29 is 0 Å². The first-order valence-electron chi connectivity index (χ1n) is 7.07. The predicted molar refractivity (Wildman–Crippen MR) is 94.5 cm³/mol. The van der Waals surface area contributed by atoms with Crippen LogP contribution in [0.15, 0.2) is 36.4 Å². The Morgan fingerprint density at radius 2 is 1.10 bits per heavy atom. The Labute approximate surface area is 129 Å². The summed E-state index contributed by atoms with van der Waals surface area (Å²) in [4.78, 5) is 0. The average Bonchev–Trinajstić information content (AvgIpc) is 2.49. The first-order chi connectivity index (χ1) is 9.97. The molecule has 2 aromatic rings. The zero-order valence-electron chi connectivity index (χ0n) is 13.1. The Bertz CT molecular complexity index is 702. The Morgan fingerprint density at radius 1 is 0.714 bits per heavy atom. The first kappa shape index (κ1) is 15.2. The van der Waals surface area contributed by atoms with E-state index in [1.165, 1.54) is 32.6 Å². The molecule has 1 heteroatoms. The minimum Gasteiger partial charge on any atom is -0.125 e. The highest BCUT2D eigenvalue weighted by Crippen LogP contribution is 2.14. The van der Waals surface area contributed by atoms with Gasteiger partial charge in [-0.15, -0.1) is 23.9 Å². The summed E-state index contributed by atoms with van der Waals surface area (Å²) in [5, 5.41) is 2.34. The van der Waals surface area contributed by atoms with Gasteiger partial charge in [-0.2, -0.15) is 0 Å². The molecule has 0 spiro atoms. The molecule has 21 heavy (non-hydrogen) atoms. The van der Waals surface area contributed by atoms with Gasteiger partial charge in [-0.3, -0.25) is 0 Å². The lowest BCUT2D eigenvalue weighted by atomic mass is 10.1. The molecule has 0 aromatic heterocycles. The van der Waals surface area contributed by atoms with Crippen LogP contribution in [0.3, 0.4) is 0 Å². The topological polar surface area (TPSA) is 0 Å². The largest absolute Gasteiger partial charge is 0.275 e. The van der Waals surface area contributed by atoms with Gasteiger partial charge < -0.3 is 0 Å². The minimum absolute atomic E-state index is 1.17. The van der Waals surface area contributed by atoms with Gasteiger partial charge in [-0.1, -0.05) is 36.4 Å². The molecule has 0 aliphatic carbocycles. The van der Waals surface area contributed by atoms with Gasteiger partial charge in [0.1, 0.15) is 0 Å². The van der Waals surface area contributed by atoms with Crippen LogP contribution in [0.25, 0.3) is 0 Å². The van der Waals surface area contributed by atoms with Crippen LogP contribution in [0.5, 0.6) is 0 Å². The summed E-state index contributed by atoms with van der Waals surface area (Å²) in [5.41, 5.74) is 11.0. The van der Waals surface area contributed by atoms with Crippen molar-refractivity contribution in [2.24, 2.45) is 0 Å². The quantitative estimate of drug-likeness (QED) is 0.589. The van der Waals surface area contributed by atoms with Crippen LogP contribution in [0.1, 0.15) is 22.3 Å². The van der Waals surface area contributed by atoms with E-state index in [9.17, 15) is 0 Å². The maximum atomic E-state index is 5.99. The molecule has 0 unspecified atom stereocenters.